The number of hydrogen-bond acceptors (Lipinski definition) is 5. The van der Waals surface area contributed by atoms with Crippen LogP contribution in [0.2, 0.25) is 0 Å². The van der Waals surface area contributed by atoms with Crippen LogP contribution in [0.5, 0.6) is 5.75 Å². The zero-order chi connectivity index (χ0) is 16.8. The number of thiocarbonyl (C=S) groups is 1. The van der Waals surface area contributed by atoms with Gasteiger partial charge in [0.05, 0.1) is 18.9 Å². The maximum Gasteiger partial charge on any atom is 0.273 e. The summed E-state index contributed by atoms with van der Waals surface area (Å²) in [6.07, 6.45) is 1.41. The lowest BCUT2D eigenvalue weighted by molar-refractivity contribution is 0.0933. The van der Waals surface area contributed by atoms with Crippen molar-refractivity contribution in [1.82, 2.24) is 16.2 Å². The molecule has 8 heteroatoms. The fourth-order valence-corrected chi connectivity index (χ4v) is 1.89. The summed E-state index contributed by atoms with van der Waals surface area (Å²) >= 11 is 4.95. The van der Waals surface area contributed by atoms with Crippen molar-refractivity contribution >= 4 is 29.1 Å². The highest BCUT2D eigenvalue weighted by Gasteiger charge is 2.12. The highest BCUT2D eigenvalue weighted by molar-refractivity contribution is 7.80. The van der Waals surface area contributed by atoms with Crippen LogP contribution < -0.4 is 20.9 Å². The molecule has 23 heavy (non-hydrogen) atoms. The van der Waals surface area contributed by atoms with Crippen molar-refractivity contribution in [1.29, 1.82) is 0 Å². The number of rotatable bonds is 3. The largest absolute Gasteiger partial charge is 0.497 e. The lowest BCUT2D eigenvalue weighted by atomic mass is 10.2. The normalized spacial score (nSPS) is 9.83. The average Bonchev–Trinajstić information content (AvgIpc) is 2.98. The Hall–Kier alpha value is -2.87. The monoisotopic (exact) mass is 333 g/mol. The number of aryl methyl sites for hydroxylation is 1. The maximum atomic E-state index is 12.0. The molecule has 2 amide bonds. The highest BCUT2D eigenvalue weighted by Crippen LogP contribution is 2.11. The van der Waals surface area contributed by atoms with E-state index < -0.39 is 11.8 Å². The molecule has 0 aliphatic rings. The Balaban J connectivity index is 1.85. The molecule has 1 aromatic heterocycles. The number of carbonyl (C=O) groups excluding carboxylic acids is 2. The van der Waals surface area contributed by atoms with Crippen molar-refractivity contribution in [3.05, 3.63) is 53.5 Å². The predicted octanol–water partition coefficient (Wildman–Crippen LogP) is 1.55. The second-order valence-corrected chi connectivity index (χ2v) is 4.89. The first-order chi connectivity index (χ1) is 11.0. The van der Waals surface area contributed by atoms with Crippen LogP contribution in [-0.2, 0) is 0 Å². The number of nitrogens with one attached hydrogen (secondary N) is 3. The number of benzene rings is 1. The number of carbonyl (C=O) groups is 2. The van der Waals surface area contributed by atoms with Crippen LogP contribution in [0.3, 0.4) is 0 Å². The molecule has 3 N–H and O–H groups in total. The number of hydrazine groups is 1. The minimum atomic E-state index is -0.419. The summed E-state index contributed by atoms with van der Waals surface area (Å²) in [7, 11) is 1.54. The number of methoxy groups -OCH3 is 1. The van der Waals surface area contributed by atoms with Crippen LogP contribution >= 0.6 is 12.2 Å². The molecule has 120 valence electrons. The Morgan fingerprint density at radius 2 is 1.78 bits per heavy atom. The third-order valence-electron chi connectivity index (χ3n) is 2.97. The van der Waals surface area contributed by atoms with Crippen molar-refractivity contribution in [2.45, 2.75) is 6.92 Å². The molecule has 0 unspecified atom stereocenters. The van der Waals surface area contributed by atoms with E-state index in [1.807, 2.05) is 0 Å². The predicted molar refractivity (Wildman–Crippen MR) is 87.1 cm³/mol. The van der Waals surface area contributed by atoms with E-state index in [-0.39, 0.29) is 5.11 Å². The summed E-state index contributed by atoms with van der Waals surface area (Å²) < 4.78 is 10.0. The number of ether oxygens (including phenoxy) is 1. The highest BCUT2D eigenvalue weighted by atomic mass is 32.1. The van der Waals surface area contributed by atoms with Gasteiger partial charge < -0.3 is 9.15 Å². The molecule has 0 saturated heterocycles. The van der Waals surface area contributed by atoms with Gasteiger partial charge in [-0.15, -0.1) is 0 Å². The zero-order valence-corrected chi connectivity index (χ0v) is 13.3. The molecular weight excluding hydrogens is 318 g/mol. The first-order valence-electron chi connectivity index (χ1n) is 6.61. The van der Waals surface area contributed by atoms with Gasteiger partial charge in [-0.2, -0.15) is 0 Å². The van der Waals surface area contributed by atoms with Crippen LogP contribution in [-0.4, -0.2) is 24.0 Å². The van der Waals surface area contributed by atoms with Gasteiger partial charge in [-0.25, -0.2) is 0 Å². The van der Waals surface area contributed by atoms with Gasteiger partial charge in [0, 0.05) is 5.56 Å². The van der Waals surface area contributed by atoms with E-state index in [9.17, 15) is 9.59 Å². The average molecular weight is 333 g/mol. The number of furan rings is 1. The molecule has 0 atom stereocenters. The van der Waals surface area contributed by atoms with E-state index in [0.29, 0.717) is 22.6 Å². The molecule has 1 heterocycles. The second kappa shape index (κ2) is 7.41. The van der Waals surface area contributed by atoms with Gasteiger partial charge in [0.15, 0.2) is 5.11 Å². The summed E-state index contributed by atoms with van der Waals surface area (Å²) in [6.45, 7) is 1.67. The van der Waals surface area contributed by atoms with Gasteiger partial charge in [-0.1, -0.05) is 0 Å². The molecule has 1 aromatic carbocycles. The van der Waals surface area contributed by atoms with Crippen molar-refractivity contribution in [3.63, 3.8) is 0 Å². The first kappa shape index (κ1) is 16.5. The molecule has 0 fully saturated rings. The van der Waals surface area contributed by atoms with Gasteiger partial charge in [-0.05, 0) is 49.5 Å². The molecule has 0 aliphatic heterocycles. The van der Waals surface area contributed by atoms with Crippen LogP contribution in [0.25, 0.3) is 0 Å². The van der Waals surface area contributed by atoms with Gasteiger partial charge >= 0.3 is 0 Å². The molecule has 2 aromatic rings. The topological polar surface area (TPSA) is 92.6 Å². The quantitative estimate of drug-likeness (QED) is 0.583. The SMILES string of the molecule is COc1ccc(C(=O)NC(=S)NNC(=O)c2ccoc2C)cc1. The van der Waals surface area contributed by atoms with E-state index in [4.69, 9.17) is 21.4 Å². The van der Waals surface area contributed by atoms with E-state index >= 15 is 0 Å². The van der Waals surface area contributed by atoms with Crippen molar-refractivity contribution in [2.75, 3.05) is 7.11 Å². The summed E-state index contributed by atoms with van der Waals surface area (Å²) in [5, 5.41) is 2.42. The Labute approximate surface area is 138 Å². The Kier molecular flexibility index (Phi) is 5.32. The van der Waals surface area contributed by atoms with Gasteiger partial charge in [0.25, 0.3) is 11.8 Å². The second-order valence-electron chi connectivity index (χ2n) is 4.48. The molecule has 2 rings (SSSR count). The first-order valence-corrected chi connectivity index (χ1v) is 7.02. The molecule has 0 radical (unpaired) electrons. The van der Waals surface area contributed by atoms with Crippen LogP contribution in [0.1, 0.15) is 26.5 Å². The minimum Gasteiger partial charge on any atom is -0.497 e. The summed E-state index contributed by atoms with van der Waals surface area (Å²) in [4.78, 5) is 23.8. The lowest BCUT2D eigenvalue weighted by Gasteiger charge is -2.10. The number of amides is 2. The molecule has 7 nitrogen and oxygen atoms in total. The van der Waals surface area contributed by atoms with E-state index in [2.05, 4.69) is 16.2 Å². The van der Waals surface area contributed by atoms with E-state index in [0.717, 1.165) is 0 Å². The van der Waals surface area contributed by atoms with Gasteiger partial charge in [-0.3, -0.25) is 25.8 Å². The van der Waals surface area contributed by atoms with Crippen LogP contribution in [0.4, 0.5) is 0 Å². The third-order valence-corrected chi connectivity index (χ3v) is 3.18. The number of hydrogen-bond donors (Lipinski definition) is 3. The standard InChI is InChI=1S/C15H15N3O4S/c1-9-12(7-8-22-9)14(20)17-18-15(23)16-13(19)10-3-5-11(21-2)6-4-10/h3-8H,1-2H3,(H,17,20)(H2,16,18,19,23). The zero-order valence-electron chi connectivity index (χ0n) is 12.5. The summed E-state index contributed by atoms with van der Waals surface area (Å²) in [5.41, 5.74) is 5.62. The van der Waals surface area contributed by atoms with Crippen molar-refractivity contribution < 1.29 is 18.7 Å². The third kappa shape index (κ3) is 4.30. The maximum absolute atomic E-state index is 12.0. The Morgan fingerprint density at radius 3 is 2.35 bits per heavy atom. The van der Waals surface area contributed by atoms with Crippen LogP contribution in [0, 0.1) is 6.92 Å². The van der Waals surface area contributed by atoms with Gasteiger partial charge in [0.1, 0.15) is 11.5 Å². The van der Waals surface area contributed by atoms with Crippen molar-refractivity contribution in [3.8, 4) is 5.75 Å². The Bertz CT molecular complexity index is 725. The summed E-state index contributed by atoms with van der Waals surface area (Å²) in [6, 6.07) is 8.06. The van der Waals surface area contributed by atoms with Crippen LogP contribution in [0.15, 0.2) is 41.0 Å². The van der Waals surface area contributed by atoms with E-state index in [1.54, 1.807) is 38.3 Å². The molecule has 0 spiro atoms. The smallest absolute Gasteiger partial charge is 0.273 e. The van der Waals surface area contributed by atoms with Crippen molar-refractivity contribution in [2.24, 2.45) is 0 Å². The van der Waals surface area contributed by atoms with Gasteiger partial charge in [0.2, 0.25) is 0 Å². The molecule has 0 saturated carbocycles. The summed E-state index contributed by atoms with van der Waals surface area (Å²) in [5.74, 6) is 0.304. The van der Waals surface area contributed by atoms with E-state index in [1.165, 1.54) is 12.3 Å². The fourth-order valence-electron chi connectivity index (χ4n) is 1.75. The minimum absolute atomic E-state index is 0.0275. The molecular formula is C15H15N3O4S. The Morgan fingerprint density at radius 1 is 1.09 bits per heavy atom. The molecule has 0 bridgehead atoms. The lowest BCUT2D eigenvalue weighted by Crippen LogP contribution is -2.48. The fraction of sp³-hybridized carbons (Fsp3) is 0.133. The molecule has 0 aliphatic carbocycles.